The lowest BCUT2D eigenvalue weighted by atomic mass is 10.2. The van der Waals surface area contributed by atoms with E-state index in [0.717, 1.165) is 5.56 Å². The van der Waals surface area contributed by atoms with Gasteiger partial charge in [0.2, 0.25) is 0 Å². The van der Waals surface area contributed by atoms with Gasteiger partial charge >= 0.3 is 0 Å². The molecule has 1 aromatic rings. The van der Waals surface area contributed by atoms with Gasteiger partial charge in [-0.25, -0.2) is 0 Å². The lowest BCUT2D eigenvalue weighted by Gasteiger charge is -2.13. The van der Waals surface area contributed by atoms with Crippen LogP contribution in [0.4, 0.5) is 0 Å². The largest absolute Gasteiger partial charge is 0.493 e. The van der Waals surface area contributed by atoms with E-state index in [4.69, 9.17) is 15.2 Å². The highest BCUT2D eigenvalue weighted by molar-refractivity contribution is 5.85. The van der Waals surface area contributed by atoms with Crippen molar-refractivity contribution in [2.75, 3.05) is 26.8 Å². The molecule has 0 aliphatic heterocycles. The number of benzene rings is 1. The van der Waals surface area contributed by atoms with Crippen LogP contribution < -0.4 is 20.5 Å². The quantitative estimate of drug-likeness (QED) is 0.767. The third-order valence-corrected chi connectivity index (χ3v) is 2.96. The monoisotopic (exact) mass is 328 g/mol. The molecule has 0 bridgehead atoms. The minimum atomic E-state index is -0.171. The van der Waals surface area contributed by atoms with Crippen molar-refractivity contribution in [1.29, 1.82) is 0 Å². The smallest absolute Gasteiger partial charge is 0.257 e. The van der Waals surface area contributed by atoms with E-state index in [1.54, 1.807) is 13.2 Å². The van der Waals surface area contributed by atoms with Crippen LogP contribution in [-0.2, 0) is 4.79 Å². The van der Waals surface area contributed by atoms with Crippen molar-refractivity contribution in [3.63, 3.8) is 0 Å². The first-order valence-electron chi connectivity index (χ1n) is 7.01. The third kappa shape index (κ3) is 6.83. The maximum absolute atomic E-state index is 11.7. The van der Waals surface area contributed by atoms with Crippen molar-refractivity contribution in [2.24, 2.45) is 11.7 Å². The first-order valence-corrected chi connectivity index (χ1v) is 7.01. The van der Waals surface area contributed by atoms with Gasteiger partial charge in [-0.3, -0.25) is 4.79 Å². The molecular weight excluding hydrogens is 304 g/mol. The van der Waals surface area contributed by atoms with Gasteiger partial charge in [-0.1, -0.05) is 25.1 Å². The Hall–Kier alpha value is -1.72. The van der Waals surface area contributed by atoms with Crippen LogP contribution in [0.2, 0.25) is 0 Å². The van der Waals surface area contributed by atoms with Crippen molar-refractivity contribution in [3.05, 3.63) is 29.8 Å². The SMILES string of the molecule is C/C=C/c1ccc(OCC(=O)NCC(C)CN)c(OC)c1.Cl. The van der Waals surface area contributed by atoms with Crippen molar-refractivity contribution in [1.82, 2.24) is 5.32 Å². The predicted molar refractivity (Wildman–Crippen MR) is 91.7 cm³/mol. The highest BCUT2D eigenvalue weighted by atomic mass is 35.5. The molecule has 1 amide bonds. The number of allylic oxidation sites excluding steroid dienone is 1. The summed E-state index contributed by atoms with van der Waals surface area (Å²) in [6.45, 7) is 4.97. The van der Waals surface area contributed by atoms with Gasteiger partial charge in [-0.2, -0.15) is 0 Å². The second-order valence-electron chi connectivity index (χ2n) is 4.84. The molecule has 3 N–H and O–H groups in total. The van der Waals surface area contributed by atoms with Crippen LogP contribution in [0.3, 0.4) is 0 Å². The summed E-state index contributed by atoms with van der Waals surface area (Å²) >= 11 is 0. The normalized spacial score (nSPS) is 11.6. The van der Waals surface area contributed by atoms with Gasteiger partial charge in [0.05, 0.1) is 7.11 Å². The van der Waals surface area contributed by atoms with Gasteiger partial charge in [0.1, 0.15) is 0 Å². The molecule has 0 radical (unpaired) electrons. The second-order valence-corrected chi connectivity index (χ2v) is 4.84. The summed E-state index contributed by atoms with van der Waals surface area (Å²) in [4.78, 5) is 11.7. The third-order valence-electron chi connectivity index (χ3n) is 2.96. The van der Waals surface area contributed by atoms with Crippen LogP contribution in [-0.4, -0.2) is 32.7 Å². The number of amides is 1. The molecule has 5 nitrogen and oxygen atoms in total. The van der Waals surface area contributed by atoms with E-state index in [9.17, 15) is 4.79 Å². The Balaban J connectivity index is 0.00000441. The van der Waals surface area contributed by atoms with E-state index in [2.05, 4.69) is 5.32 Å². The van der Waals surface area contributed by atoms with Gasteiger partial charge in [0.25, 0.3) is 5.91 Å². The molecule has 1 rings (SSSR count). The number of rotatable bonds is 8. The number of methoxy groups -OCH3 is 1. The molecular formula is C16H25ClN2O3. The van der Waals surface area contributed by atoms with E-state index >= 15 is 0 Å². The Bertz CT molecular complexity index is 492. The Kier molecular flexibility index (Phi) is 10.1. The van der Waals surface area contributed by atoms with Crippen molar-refractivity contribution >= 4 is 24.4 Å². The van der Waals surface area contributed by atoms with E-state index in [0.29, 0.717) is 24.6 Å². The number of nitrogens with one attached hydrogen (secondary N) is 1. The zero-order chi connectivity index (χ0) is 15.7. The molecule has 22 heavy (non-hydrogen) atoms. The number of carbonyl (C=O) groups is 1. The van der Waals surface area contributed by atoms with Crippen LogP contribution in [0.1, 0.15) is 19.4 Å². The Labute approximate surface area is 138 Å². The number of hydrogen-bond donors (Lipinski definition) is 2. The molecule has 0 aliphatic carbocycles. The summed E-state index contributed by atoms with van der Waals surface area (Å²) in [5, 5.41) is 2.78. The lowest BCUT2D eigenvalue weighted by molar-refractivity contribution is -0.123. The molecule has 0 aliphatic rings. The molecule has 0 saturated heterocycles. The highest BCUT2D eigenvalue weighted by Crippen LogP contribution is 2.28. The number of hydrogen-bond acceptors (Lipinski definition) is 4. The summed E-state index contributed by atoms with van der Waals surface area (Å²) in [6, 6.07) is 5.57. The highest BCUT2D eigenvalue weighted by Gasteiger charge is 2.09. The molecule has 0 saturated carbocycles. The number of carbonyl (C=O) groups excluding carboxylic acids is 1. The average molecular weight is 329 g/mol. The van der Waals surface area contributed by atoms with Crippen LogP contribution in [0.25, 0.3) is 6.08 Å². The van der Waals surface area contributed by atoms with Crippen molar-refractivity contribution < 1.29 is 14.3 Å². The maximum atomic E-state index is 11.7. The second kappa shape index (κ2) is 10.9. The molecule has 6 heteroatoms. The van der Waals surface area contributed by atoms with E-state index < -0.39 is 0 Å². The van der Waals surface area contributed by atoms with E-state index in [-0.39, 0.29) is 30.8 Å². The van der Waals surface area contributed by atoms with Gasteiger partial charge in [-0.15, -0.1) is 12.4 Å². The van der Waals surface area contributed by atoms with Gasteiger partial charge in [-0.05, 0) is 37.1 Å². The topological polar surface area (TPSA) is 73.6 Å². The van der Waals surface area contributed by atoms with E-state index in [1.807, 2.05) is 38.1 Å². The minimum Gasteiger partial charge on any atom is -0.493 e. The summed E-state index contributed by atoms with van der Waals surface area (Å²) in [7, 11) is 1.57. The van der Waals surface area contributed by atoms with Crippen LogP contribution >= 0.6 is 12.4 Å². The van der Waals surface area contributed by atoms with Gasteiger partial charge < -0.3 is 20.5 Å². The summed E-state index contributed by atoms with van der Waals surface area (Å²) < 4.78 is 10.8. The van der Waals surface area contributed by atoms with Crippen LogP contribution in [0, 0.1) is 5.92 Å². The summed E-state index contributed by atoms with van der Waals surface area (Å²) in [5.41, 5.74) is 6.51. The summed E-state index contributed by atoms with van der Waals surface area (Å²) in [5.74, 6) is 1.24. The molecule has 124 valence electrons. The zero-order valence-corrected chi connectivity index (χ0v) is 14.1. The molecule has 0 aromatic heterocycles. The molecule has 1 unspecified atom stereocenters. The number of halogens is 1. The first-order chi connectivity index (χ1) is 10.1. The minimum absolute atomic E-state index is 0. The number of ether oxygens (including phenoxy) is 2. The molecule has 1 aromatic carbocycles. The standard InChI is InChI=1S/C16H24N2O3.ClH/c1-4-5-13-6-7-14(15(8-13)20-3)21-11-16(19)18-10-12(2)9-17;/h4-8,12H,9-11,17H2,1-3H3,(H,18,19);1H/b5-4+;. The zero-order valence-electron chi connectivity index (χ0n) is 13.3. The molecule has 0 heterocycles. The fourth-order valence-electron chi connectivity index (χ4n) is 1.67. The number of nitrogens with two attached hydrogens (primary N) is 1. The van der Waals surface area contributed by atoms with Crippen LogP contribution in [0.15, 0.2) is 24.3 Å². The fraction of sp³-hybridized carbons (Fsp3) is 0.438. The van der Waals surface area contributed by atoms with Gasteiger partial charge in [0.15, 0.2) is 18.1 Å². The average Bonchev–Trinajstić information content (AvgIpc) is 2.51. The van der Waals surface area contributed by atoms with Crippen LogP contribution in [0.5, 0.6) is 11.5 Å². The maximum Gasteiger partial charge on any atom is 0.257 e. The van der Waals surface area contributed by atoms with Gasteiger partial charge in [0, 0.05) is 6.54 Å². The first kappa shape index (κ1) is 20.3. The lowest BCUT2D eigenvalue weighted by Crippen LogP contribution is -2.34. The molecule has 1 atom stereocenters. The Morgan fingerprint density at radius 3 is 2.73 bits per heavy atom. The van der Waals surface area contributed by atoms with E-state index in [1.165, 1.54) is 0 Å². The van der Waals surface area contributed by atoms with Crippen molar-refractivity contribution in [2.45, 2.75) is 13.8 Å². The van der Waals surface area contributed by atoms with Crippen molar-refractivity contribution in [3.8, 4) is 11.5 Å². The summed E-state index contributed by atoms with van der Waals surface area (Å²) in [6.07, 6.45) is 3.91. The predicted octanol–water partition coefficient (Wildman–Crippen LogP) is 2.24. The molecule has 0 spiro atoms. The molecule has 0 fully saturated rings. The fourth-order valence-corrected chi connectivity index (χ4v) is 1.67. The Morgan fingerprint density at radius 1 is 1.41 bits per heavy atom. The Morgan fingerprint density at radius 2 is 2.14 bits per heavy atom.